The van der Waals surface area contributed by atoms with Crippen molar-refractivity contribution in [1.82, 2.24) is 29.3 Å². The van der Waals surface area contributed by atoms with Crippen molar-refractivity contribution < 1.29 is 26.1 Å². The molecule has 0 aliphatic carbocycles. The third-order valence-corrected chi connectivity index (χ3v) is 7.03. The zero-order chi connectivity index (χ0) is 26.0. The number of sulfonamides is 1. The van der Waals surface area contributed by atoms with Gasteiger partial charge in [-0.05, 0) is 24.3 Å². The van der Waals surface area contributed by atoms with Gasteiger partial charge in [-0.15, -0.1) is 10.2 Å². The number of nitrogens with zero attached hydrogens (tertiary/aromatic N) is 6. The number of benzene rings is 1. The van der Waals surface area contributed by atoms with E-state index in [4.69, 9.17) is 27.7 Å². The maximum atomic E-state index is 13.3. The third-order valence-electron chi connectivity index (χ3n) is 5.13. The number of nitrogens with one attached hydrogen (secondary N) is 1. The molecule has 5 rings (SSSR count). The molecule has 5 aromatic rings. The van der Waals surface area contributed by atoms with Crippen molar-refractivity contribution in [2.75, 3.05) is 4.72 Å². The molecule has 0 radical (unpaired) electrons. The van der Waals surface area contributed by atoms with E-state index in [-0.39, 0.29) is 39.0 Å². The van der Waals surface area contributed by atoms with Gasteiger partial charge in [0.05, 0.1) is 26.2 Å². The maximum absolute atomic E-state index is 13.3. The number of halogens is 5. The fraction of sp³-hybridized carbons (Fsp3) is 0.105. The molecule has 0 amide bonds. The largest absolute Gasteiger partial charge is 0.417 e. The first-order valence-electron chi connectivity index (χ1n) is 9.62. The van der Waals surface area contributed by atoms with Crippen LogP contribution in [0.3, 0.4) is 0 Å². The Kier molecular flexibility index (Phi) is 5.46. The first-order chi connectivity index (χ1) is 16.9. The number of hydrogen-bond acceptors (Lipinski definition) is 8. The topological polar surface area (TPSA) is 137 Å². The second-order valence-electron chi connectivity index (χ2n) is 7.36. The molecule has 1 N–H and O–H groups in total. The number of pyridine rings is 1. The van der Waals surface area contributed by atoms with Gasteiger partial charge in [-0.25, -0.2) is 17.8 Å². The lowest BCUT2D eigenvalue weighted by Crippen LogP contribution is -2.20. The van der Waals surface area contributed by atoms with Crippen LogP contribution in [0.25, 0.3) is 28.3 Å². The van der Waals surface area contributed by atoms with Crippen LogP contribution in [0.2, 0.25) is 10.0 Å². The van der Waals surface area contributed by atoms with Gasteiger partial charge in [0.1, 0.15) is 17.5 Å². The predicted molar refractivity (Wildman–Crippen MR) is 121 cm³/mol. The summed E-state index contributed by atoms with van der Waals surface area (Å²) >= 11 is 11.6. The number of rotatable bonds is 4. The van der Waals surface area contributed by atoms with Crippen molar-refractivity contribution in [1.29, 1.82) is 0 Å². The molecule has 0 aliphatic heterocycles. The quantitative estimate of drug-likeness (QED) is 0.351. The molecule has 17 heteroatoms. The molecule has 0 fully saturated rings. The third kappa shape index (κ3) is 3.84. The van der Waals surface area contributed by atoms with Crippen LogP contribution in [0.1, 0.15) is 5.56 Å². The summed E-state index contributed by atoms with van der Waals surface area (Å²) in [5.41, 5.74) is -2.02. The van der Waals surface area contributed by atoms with Crippen LogP contribution in [-0.4, -0.2) is 37.7 Å². The lowest BCUT2D eigenvalue weighted by Gasteiger charge is -2.14. The van der Waals surface area contributed by atoms with Crippen LogP contribution in [-0.2, 0) is 23.2 Å². The standard InChI is InChI=1S/C19H10Cl2F3N7O4S/c1-30-13-7-35-28-15(13)31-16(26-27-17(31)18(30)32)14-12(4-8(20)6-25-14)29-36(33,34)9-2-3-11(21)10(5-9)19(22,23)24/h2-7,29H,1H3. The van der Waals surface area contributed by atoms with Gasteiger partial charge in [0.25, 0.3) is 15.6 Å². The fourth-order valence-corrected chi connectivity index (χ4v) is 4.90. The van der Waals surface area contributed by atoms with E-state index >= 15 is 0 Å². The Balaban J connectivity index is 1.68. The molecular weight excluding hydrogens is 550 g/mol. The molecule has 4 aromatic heterocycles. The summed E-state index contributed by atoms with van der Waals surface area (Å²) in [7, 11) is -3.14. The lowest BCUT2D eigenvalue weighted by molar-refractivity contribution is -0.137. The number of alkyl halides is 3. The van der Waals surface area contributed by atoms with E-state index in [1.807, 2.05) is 0 Å². The molecule has 0 unspecified atom stereocenters. The van der Waals surface area contributed by atoms with Crippen LogP contribution in [0, 0.1) is 0 Å². The van der Waals surface area contributed by atoms with Crippen LogP contribution in [0.4, 0.5) is 18.9 Å². The summed E-state index contributed by atoms with van der Waals surface area (Å²) in [5.74, 6) is -0.108. The molecule has 0 atom stereocenters. The Morgan fingerprint density at radius 3 is 2.58 bits per heavy atom. The van der Waals surface area contributed by atoms with E-state index in [2.05, 4.69) is 25.1 Å². The number of hydrogen-bond donors (Lipinski definition) is 1. The van der Waals surface area contributed by atoms with Gasteiger partial charge in [0.15, 0.2) is 5.82 Å². The second kappa shape index (κ2) is 8.18. The highest BCUT2D eigenvalue weighted by Crippen LogP contribution is 2.37. The van der Waals surface area contributed by atoms with Crippen LogP contribution in [0.15, 0.2) is 50.9 Å². The first kappa shape index (κ1) is 24.0. The number of anilines is 1. The van der Waals surface area contributed by atoms with Crippen molar-refractivity contribution >= 4 is 55.7 Å². The summed E-state index contributed by atoms with van der Waals surface area (Å²) < 4.78 is 75.5. The molecule has 11 nitrogen and oxygen atoms in total. The van der Waals surface area contributed by atoms with Gasteiger partial charge < -0.3 is 9.09 Å². The number of fused-ring (bicyclic) bond motifs is 3. The Labute approximate surface area is 208 Å². The number of aryl methyl sites for hydroxylation is 1. The minimum atomic E-state index is -4.89. The van der Waals surface area contributed by atoms with Crippen molar-refractivity contribution in [3.05, 3.63) is 62.7 Å². The average molecular weight is 560 g/mol. The highest BCUT2D eigenvalue weighted by Gasteiger charge is 2.35. The molecule has 0 spiro atoms. The molecule has 0 aliphatic rings. The van der Waals surface area contributed by atoms with Crippen molar-refractivity contribution in [2.24, 2.45) is 7.05 Å². The fourth-order valence-electron chi connectivity index (χ4n) is 3.43. The molecule has 36 heavy (non-hydrogen) atoms. The van der Waals surface area contributed by atoms with Crippen molar-refractivity contribution in [2.45, 2.75) is 11.1 Å². The molecule has 0 saturated heterocycles. The van der Waals surface area contributed by atoms with E-state index in [0.29, 0.717) is 6.07 Å². The Morgan fingerprint density at radius 2 is 1.86 bits per heavy atom. The van der Waals surface area contributed by atoms with E-state index in [0.717, 1.165) is 12.1 Å². The second-order valence-corrected chi connectivity index (χ2v) is 9.89. The first-order valence-corrected chi connectivity index (χ1v) is 11.9. The zero-order valence-corrected chi connectivity index (χ0v) is 19.9. The highest BCUT2D eigenvalue weighted by molar-refractivity contribution is 7.92. The van der Waals surface area contributed by atoms with Crippen LogP contribution < -0.4 is 10.3 Å². The SMILES string of the molecule is Cn1c(=O)c2nnc(-c3ncc(Cl)cc3NS(=O)(=O)c3ccc(Cl)c(C(F)(F)F)c3)n2c2nocc21. The van der Waals surface area contributed by atoms with Crippen LogP contribution in [0.5, 0.6) is 0 Å². The van der Waals surface area contributed by atoms with E-state index < -0.39 is 37.2 Å². The molecule has 0 bridgehead atoms. The Hall–Kier alpha value is -3.69. The summed E-state index contributed by atoms with van der Waals surface area (Å²) in [6, 6.07) is 3.30. The van der Waals surface area contributed by atoms with Gasteiger partial charge in [0, 0.05) is 13.2 Å². The Bertz CT molecular complexity index is 1850. The molecule has 0 saturated carbocycles. The zero-order valence-electron chi connectivity index (χ0n) is 17.6. The van der Waals surface area contributed by atoms with Crippen molar-refractivity contribution in [3.63, 3.8) is 0 Å². The monoisotopic (exact) mass is 559 g/mol. The smallest absolute Gasteiger partial charge is 0.360 e. The highest BCUT2D eigenvalue weighted by atomic mass is 35.5. The van der Waals surface area contributed by atoms with Gasteiger partial charge in [-0.3, -0.25) is 9.52 Å². The summed E-state index contributed by atoms with van der Waals surface area (Å²) in [6.07, 6.45) is -2.49. The van der Waals surface area contributed by atoms with Gasteiger partial charge in [-0.1, -0.05) is 28.4 Å². The van der Waals surface area contributed by atoms with E-state index in [1.54, 1.807) is 0 Å². The van der Waals surface area contributed by atoms with Crippen molar-refractivity contribution in [3.8, 4) is 11.5 Å². The molecule has 1 aromatic carbocycles. The maximum Gasteiger partial charge on any atom is 0.417 e. The number of aromatic nitrogens is 6. The minimum absolute atomic E-state index is 0.000135. The normalized spacial score (nSPS) is 12.5. The summed E-state index contributed by atoms with van der Waals surface area (Å²) in [4.78, 5) is 16.1. The van der Waals surface area contributed by atoms with Crippen LogP contribution >= 0.6 is 23.2 Å². The van der Waals surface area contributed by atoms with Gasteiger partial charge >= 0.3 is 6.18 Å². The van der Waals surface area contributed by atoms with Gasteiger partial charge in [-0.2, -0.15) is 13.2 Å². The van der Waals surface area contributed by atoms with E-state index in [9.17, 15) is 26.4 Å². The average Bonchev–Trinajstić information content (AvgIpc) is 3.44. The van der Waals surface area contributed by atoms with Gasteiger partial charge in [0.2, 0.25) is 11.3 Å². The lowest BCUT2D eigenvalue weighted by atomic mass is 10.2. The van der Waals surface area contributed by atoms with E-state index in [1.165, 1.54) is 34.5 Å². The molecular formula is C19H10Cl2F3N7O4S. The summed E-state index contributed by atoms with van der Waals surface area (Å²) in [5, 5.41) is 11.0. The molecule has 4 heterocycles. The minimum Gasteiger partial charge on any atom is -0.360 e. The summed E-state index contributed by atoms with van der Waals surface area (Å²) in [6.45, 7) is 0. The molecule has 186 valence electrons. The predicted octanol–water partition coefficient (Wildman–Crippen LogP) is 3.76. The Morgan fingerprint density at radius 1 is 1.11 bits per heavy atom.